The average molecular weight is 171 g/mol. The third-order valence-electron chi connectivity index (χ3n) is 2.95. The topological polar surface area (TPSA) is 21.3 Å². The van der Waals surface area contributed by atoms with Gasteiger partial charge in [-0.3, -0.25) is 0 Å². The fraction of sp³-hybridized carbons (Fsp3) is 1.00. The molecule has 2 unspecified atom stereocenters. The predicted molar refractivity (Wildman–Crippen MR) is 51.3 cm³/mol. The maximum absolute atomic E-state index is 5.25. The van der Waals surface area contributed by atoms with Crippen molar-refractivity contribution in [3.63, 3.8) is 0 Å². The second-order valence-electron chi connectivity index (χ2n) is 4.17. The van der Waals surface area contributed by atoms with Crippen molar-refractivity contribution in [1.29, 1.82) is 0 Å². The molecule has 0 aromatic rings. The highest BCUT2D eigenvalue weighted by Crippen LogP contribution is 2.26. The fourth-order valence-electron chi connectivity index (χ4n) is 1.75. The van der Waals surface area contributed by atoms with Crippen LogP contribution in [0.25, 0.3) is 0 Å². The molecule has 1 aliphatic rings. The smallest absolute Gasteiger partial charge is 0.0693 e. The molecule has 0 aromatic carbocycles. The number of rotatable bonds is 4. The quantitative estimate of drug-likeness (QED) is 0.696. The lowest BCUT2D eigenvalue weighted by Gasteiger charge is -2.36. The van der Waals surface area contributed by atoms with Crippen LogP contribution >= 0.6 is 0 Å². The van der Waals surface area contributed by atoms with Crippen molar-refractivity contribution in [2.75, 3.05) is 7.11 Å². The van der Waals surface area contributed by atoms with Crippen molar-refractivity contribution in [1.82, 2.24) is 5.32 Å². The lowest BCUT2D eigenvalue weighted by molar-refractivity contribution is 0.0741. The molecule has 12 heavy (non-hydrogen) atoms. The number of hydrogen-bond acceptors (Lipinski definition) is 2. The van der Waals surface area contributed by atoms with Crippen LogP contribution in [-0.2, 0) is 4.74 Å². The van der Waals surface area contributed by atoms with Gasteiger partial charge in [0.1, 0.15) is 0 Å². The number of hydrogen-bond donors (Lipinski definition) is 1. The van der Waals surface area contributed by atoms with Crippen LogP contribution in [0.15, 0.2) is 0 Å². The first-order valence-corrected chi connectivity index (χ1v) is 4.92. The Morgan fingerprint density at radius 3 is 2.33 bits per heavy atom. The predicted octanol–water partition coefficient (Wildman–Crippen LogP) is 1.80. The van der Waals surface area contributed by atoms with Gasteiger partial charge in [0.25, 0.3) is 0 Å². The van der Waals surface area contributed by atoms with E-state index < -0.39 is 0 Å². The lowest BCUT2D eigenvalue weighted by atomic mass is 9.81. The van der Waals surface area contributed by atoms with Gasteiger partial charge < -0.3 is 10.1 Å². The van der Waals surface area contributed by atoms with E-state index in [1.165, 1.54) is 12.8 Å². The summed E-state index contributed by atoms with van der Waals surface area (Å²) in [7, 11) is 1.77. The van der Waals surface area contributed by atoms with E-state index in [1.54, 1.807) is 7.11 Å². The Kier molecular flexibility index (Phi) is 3.53. The van der Waals surface area contributed by atoms with Gasteiger partial charge in [0, 0.05) is 19.2 Å². The Balaban J connectivity index is 2.14. The molecule has 0 heterocycles. The van der Waals surface area contributed by atoms with E-state index in [-0.39, 0.29) is 0 Å². The van der Waals surface area contributed by atoms with Crippen LogP contribution in [0.2, 0.25) is 0 Å². The third-order valence-corrected chi connectivity index (χ3v) is 2.95. The van der Waals surface area contributed by atoms with Crippen molar-refractivity contribution >= 4 is 0 Å². The first kappa shape index (κ1) is 10.0. The number of nitrogens with one attached hydrogen (secondary N) is 1. The third kappa shape index (κ3) is 2.46. The van der Waals surface area contributed by atoms with Gasteiger partial charge in [-0.1, -0.05) is 6.92 Å². The molecule has 2 heteroatoms. The monoisotopic (exact) mass is 171 g/mol. The van der Waals surface area contributed by atoms with Crippen LogP contribution in [0, 0.1) is 5.92 Å². The highest BCUT2D eigenvalue weighted by molar-refractivity contribution is 4.85. The van der Waals surface area contributed by atoms with E-state index >= 15 is 0 Å². The molecule has 0 aliphatic heterocycles. The second-order valence-corrected chi connectivity index (χ2v) is 4.17. The van der Waals surface area contributed by atoms with Crippen LogP contribution in [0.4, 0.5) is 0 Å². The minimum Gasteiger partial charge on any atom is -0.380 e. The molecule has 1 aliphatic carbocycles. The average Bonchev–Trinajstić information content (AvgIpc) is 2.00. The zero-order chi connectivity index (χ0) is 9.14. The Bertz CT molecular complexity index is 132. The summed E-state index contributed by atoms with van der Waals surface area (Å²) in [5.74, 6) is 0.924. The molecule has 2 atom stereocenters. The lowest BCUT2D eigenvalue weighted by Crippen LogP contribution is -2.48. The Labute approximate surface area is 75.7 Å². The molecule has 0 aromatic heterocycles. The van der Waals surface area contributed by atoms with E-state index in [2.05, 4.69) is 26.1 Å². The first-order valence-electron chi connectivity index (χ1n) is 4.92. The molecule has 2 nitrogen and oxygen atoms in total. The summed E-state index contributed by atoms with van der Waals surface area (Å²) in [6.45, 7) is 6.61. The van der Waals surface area contributed by atoms with Gasteiger partial charge in [-0.2, -0.15) is 0 Å². The van der Waals surface area contributed by atoms with E-state index in [0.29, 0.717) is 12.1 Å². The molecule has 0 spiro atoms. The van der Waals surface area contributed by atoms with Crippen molar-refractivity contribution in [3.05, 3.63) is 0 Å². The maximum Gasteiger partial charge on any atom is 0.0693 e. The number of ether oxygens (including phenoxy) is 1. The zero-order valence-electron chi connectivity index (χ0n) is 8.63. The fourth-order valence-corrected chi connectivity index (χ4v) is 1.75. The van der Waals surface area contributed by atoms with Gasteiger partial charge in [0.2, 0.25) is 0 Å². The highest BCUT2D eigenvalue weighted by atomic mass is 16.5. The summed E-state index contributed by atoms with van der Waals surface area (Å²) in [6.07, 6.45) is 2.99. The molecule has 0 bridgehead atoms. The number of methoxy groups -OCH3 is 1. The summed E-state index contributed by atoms with van der Waals surface area (Å²) in [5.41, 5.74) is 0. The van der Waals surface area contributed by atoms with E-state index in [9.17, 15) is 0 Å². The summed E-state index contributed by atoms with van der Waals surface area (Å²) in [6, 6.07) is 1.22. The van der Waals surface area contributed by atoms with Crippen LogP contribution in [0.5, 0.6) is 0 Å². The molecule has 0 saturated heterocycles. The maximum atomic E-state index is 5.25. The second kappa shape index (κ2) is 4.24. The van der Waals surface area contributed by atoms with Crippen molar-refractivity contribution < 1.29 is 4.74 Å². The standard InChI is InChI=1S/C10H21NO/c1-7-5-10(6-7)11-8(2)9(3)12-4/h7-11H,5-6H2,1-4H3. The van der Waals surface area contributed by atoms with Gasteiger partial charge in [0.15, 0.2) is 0 Å². The molecule has 1 rings (SSSR count). The molecule has 0 amide bonds. The normalized spacial score (nSPS) is 34.0. The molecule has 1 fully saturated rings. The Morgan fingerprint density at radius 1 is 1.33 bits per heavy atom. The van der Waals surface area contributed by atoms with Crippen molar-refractivity contribution in [2.45, 2.75) is 51.8 Å². The summed E-state index contributed by atoms with van der Waals surface area (Å²) in [4.78, 5) is 0. The van der Waals surface area contributed by atoms with Gasteiger partial charge in [-0.05, 0) is 32.6 Å². The molecular weight excluding hydrogens is 150 g/mol. The summed E-state index contributed by atoms with van der Waals surface area (Å²) in [5, 5.41) is 3.57. The first-order chi connectivity index (χ1) is 5.63. The SMILES string of the molecule is COC(C)C(C)NC1CC(C)C1. The largest absolute Gasteiger partial charge is 0.380 e. The zero-order valence-corrected chi connectivity index (χ0v) is 8.63. The van der Waals surface area contributed by atoms with Gasteiger partial charge in [-0.15, -0.1) is 0 Å². The molecule has 72 valence electrons. The van der Waals surface area contributed by atoms with E-state index in [1.807, 2.05) is 0 Å². The molecular formula is C10H21NO. The van der Waals surface area contributed by atoms with Crippen LogP contribution < -0.4 is 5.32 Å². The molecule has 1 saturated carbocycles. The van der Waals surface area contributed by atoms with E-state index in [4.69, 9.17) is 4.74 Å². The minimum atomic E-state index is 0.320. The molecule has 1 N–H and O–H groups in total. The van der Waals surface area contributed by atoms with E-state index in [0.717, 1.165) is 12.0 Å². The van der Waals surface area contributed by atoms with Gasteiger partial charge in [-0.25, -0.2) is 0 Å². The minimum absolute atomic E-state index is 0.320. The Morgan fingerprint density at radius 2 is 1.92 bits per heavy atom. The van der Waals surface area contributed by atoms with Crippen LogP contribution in [0.3, 0.4) is 0 Å². The highest BCUT2D eigenvalue weighted by Gasteiger charge is 2.27. The summed E-state index contributed by atoms with van der Waals surface area (Å²) >= 11 is 0. The Hall–Kier alpha value is -0.0800. The van der Waals surface area contributed by atoms with Gasteiger partial charge in [0.05, 0.1) is 6.10 Å². The van der Waals surface area contributed by atoms with Gasteiger partial charge >= 0.3 is 0 Å². The molecule has 0 radical (unpaired) electrons. The van der Waals surface area contributed by atoms with Crippen LogP contribution in [0.1, 0.15) is 33.6 Å². The van der Waals surface area contributed by atoms with Crippen LogP contribution in [-0.4, -0.2) is 25.3 Å². The summed E-state index contributed by atoms with van der Waals surface area (Å²) < 4.78 is 5.25. The van der Waals surface area contributed by atoms with Crippen molar-refractivity contribution in [2.24, 2.45) is 5.92 Å². The van der Waals surface area contributed by atoms with Crippen molar-refractivity contribution in [3.8, 4) is 0 Å².